The van der Waals surface area contributed by atoms with Gasteiger partial charge in [0.15, 0.2) is 0 Å². The second-order valence-corrected chi connectivity index (χ2v) is 6.21. The maximum absolute atomic E-state index is 12.3. The van der Waals surface area contributed by atoms with E-state index in [9.17, 15) is 4.79 Å². The summed E-state index contributed by atoms with van der Waals surface area (Å²) >= 11 is 8.11. The van der Waals surface area contributed by atoms with E-state index in [1.54, 1.807) is 6.07 Å². The lowest BCUT2D eigenvalue weighted by molar-refractivity contribution is 0.0744. The van der Waals surface area contributed by atoms with Crippen molar-refractivity contribution in [3.63, 3.8) is 0 Å². The molecule has 1 aliphatic carbocycles. The summed E-state index contributed by atoms with van der Waals surface area (Å²) in [5.74, 6) is 0.768. The van der Waals surface area contributed by atoms with Crippen molar-refractivity contribution in [3.8, 4) is 0 Å². The number of carbonyl (C=O) groups is 1. The lowest BCUT2D eigenvalue weighted by Crippen LogP contribution is -2.34. The van der Waals surface area contributed by atoms with Gasteiger partial charge in [-0.15, -0.1) is 0 Å². The van der Waals surface area contributed by atoms with Gasteiger partial charge in [0.1, 0.15) is 0 Å². The zero-order valence-electron chi connectivity index (χ0n) is 9.75. The first-order valence-electron chi connectivity index (χ1n) is 5.78. The van der Waals surface area contributed by atoms with Gasteiger partial charge in [-0.05, 0) is 59.5 Å². The molecule has 1 fully saturated rings. The minimum absolute atomic E-state index is 0.0730. The summed E-state index contributed by atoms with van der Waals surface area (Å²) in [5, 5.41) is 0.616. The third-order valence-electron chi connectivity index (χ3n) is 3.26. The van der Waals surface area contributed by atoms with Crippen LogP contribution >= 0.6 is 34.2 Å². The molecule has 0 aliphatic heterocycles. The van der Waals surface area contributed by atoms with Gasteiger partial charge in [-0.3, -0.25) is 4.79 Å². The van der Waals surface area contributed by atoms with Crippen LogP contribution in [0.3, 0.4) is 0 Å². The van der Waals surface area contributed by atoms with E-state index in [0.29, 0.717) is 16.5 Å². The Morgan fingerprint density at radius 1 is 1.53 bits per heavy atom. The van der Waals surface area contributed by atoms with E-state index in [2.05, 4.69) is 22.6 Å². The summed E-state index contributed by atoms with van der Waals surface area (Å²) in [6.07, 6.45) is 3.82. The van der Waals surface area contributed by atoms with Crippen LogP contribution in [0.25, 0.3) is 0 Å². The predicted octanol–water partition coefficient (Wildman–Crippen LogP) is 3.82. The molecule has 17 heavy (non-hydrogen) atoms. The number of rotatable bonds is 3. The molecule has 4 heteroatoms. The van der Waals surface area contributed by atoms with Gasteiger partial charge < -0.3 is 4.90 Å². The second-order valence-electron chi connectivity index (χ2n) is 4.61. The van der Waals surface area contributed by atoms with Gasteiger partial charge in [-0.1, -0.05) is 18.0 Å². The van der Waals surface area contributed by atoms with Crippen LogP contribution in [0.4, 0.5) is 0 Å². The first-order valence-corrected chi connectivity index (χ1v) is 7.24. The molecule has 0 bridgehead atoms. The second kappa shape index (κ2) is 5.57. The number of nitrogens with zero attached hydrogens (tertiary/aromatic N) is 1. The van der Waals surface area contributed by atoms with E-state index in [-0.39, 0.29) is 5.91 Å². The van der Waals surface area contributed by atoms with Crippen LogP contribution in [-0.4, -0.2) is 24.4 Å². The van der Waals surface area contributed by atoms with E-state index in [4.69, 9.17) is 11.6 Å². The van der Waals surface area contributed by atoms with Crippen LogP contribution in [0.2, 0.25) is 5.02 Å². The van der Waals surface area contributed by atoms with E-state index in [1.807, 2.05) is 24.1 Å². The summed E-state index contributed by atoms with van der Waals surface area (Å²) in [4.78, 5) is 14.1. The van der Waals surface area contributed by atoms with Gasteiger partial charge in [0, 0.05) is 22.2 Å². The van der Waals surface area contributed by atoms with Crippen molar-refractivity contribution < 1.29 is 4.79 Å². The molecule has 0 saturated heterocycles. The van der Waals surface area contributed by atoms with Crippen molar-refractivity contribution in [2.45, 2.75) is 19.3 Å². The third-order valence-corrected chi connectivity index (χ3v) is 4.44. The number of halogens is 2. The van der Waals surface area contributed by atoms with Gasteiger partial charge in [0.25, 0.3) is 5.91 Å². The van der Waals surface area contributed by atoms with E-state index < -0.39 is 0 Å². The van der Waals surface area contributed by atoms with Crippen molar-refractivity contribution in [2.75, 3.05) is 13.6 Å². The highest BCUT2D eigenvalue weighted by Gasteiger charge is 2.22. The molecule has 0 N–H and O–H groups in total. The summed E-state index contributed by atoms with van der Waals surface area (Å²) in [6, 6.07) is 5.45. The molecule has 0 heterocycles. The molecule has 0 unspecified atom stereocenters. The van der Waals surface area contributed by atoms with Crippen LogP contribution in [0.15, 0.2) is 18.2 Å². The smallest absolute Gasteiger partial charge is 0.254 e. The Hall–Kier alpha value is -0.290. The lowest BCUT2D eigenvalue weighted by Gasteiger charge is -2.30. The van der Waals surface area contributed by atoms with Gasteiger partial charge in [-0.2, -0.15) is 0 Å². The summed E-state index contributed by atoms with van der Waals surface area (Å²) < 4.78 is 0.956. The molecular formula is C13H15ClINO. The Morgan fingerprint density at radius 2 is 2.24 bits per heavy atom. The standard InChI is InChI=1S/C13H15ClINO/c1-16(8-9-3-2-4-9)13(17)11-7-10(14)5-6-12(11)15/h5-7,9H,2-4,8H2,1H3. The third kappa shape index (κ3) is 3.13. The highest BCUT2D eigenvalue weighted by atomic mass is 127. The molecule has 2 nitrogen and oxygen atoms in total. The van der Waals surface area contributed by atoms with Gasteiger partial charge in [0.05, 0.1) is 5.56 Å². The number of benzene rings is 1. The molecule has 0 radical (unpaired) electrons. The van der Waals surface area contributed by atoms with E-state index in [0.717, 1.165) is 10.1 Å². The topological polar surface area (TPSA) is 20.3 Å². The highest BCUT2D eigenvalue weighted by Crippen LogP contribution is 2.27. The Bertz CT molecular complexity index is 431. The molecule has 0 spiro atoms. The first-order chi connectivity index (χ1) is 8.08. The normalized spacial score (nSPS) is 15.5. The minimum Gasteiger partial charge on any atom is -0.341 e. The van der Waals surface area contributed by atoms with Crippen LogP contribution in [-0.2, 0) is 0 Å². The molecule has 1 amide bonds. The molecular weight excluding hydrogens is 349 g/mol. The van der Waals surface area contributed by atoms with Crippen molar-refractivity contribution in [2.24, 2.45) is 5.92 Å². The van der Waals surface area contributed by atoms with Crippen LogP contribution < -0.4 is 0 Å². The number of amides is 1. The SMILES string of the molecule is CN(CC1CCC1)C(=O)c1cc(Cl)ccc1I. The van der Waals surface area contributed by atoms with Crippen LogP contribution in [0.5, 0.6) is 0 Å². The zero-order valence-corrected chi connectivity index (χ0v) is 12.7. The fraction of sp³-hybridized carbons (Fsp3) is 0.462. The number of hydrogen-bond acceptors (Lipinski definition) is 1. The van der Waals surface area contributed by atoms with Crippen molar-refractivity contribution in [1.29, 1.82) is 0 Å². The molecule has 2 rings (SSSR count). The molecule has 0 atom stereocenters. The molecule has 92 valence electrons. The Labute approximate surface area is 120 Å². The van der Waals surface area contributed by atoms with E-state index in [1.165, 1.54) is 19.3 Å². The van der Waals surface area contributed by atoms with E-state index >= 15 is 0 Å². The number of carbonyl (C=O) groups excluding carboxylic acids is 1. The summed E-state index contributed by atoms with van der Waals surface area (Å²) in [7, 11) is 1.87. The highest BCUT2D eigenvalue weighted by molar-refractivity contribution is 14.1. The monoisotopic (exact) mass is 363 g/mol. The summed E-state index contributed by atoms with van der Waals surface area (Å²) in [5.41, 5.74) is 0.708. The fourth-order valence-corrected chi connectivity index (χ4v) is 2.75. The van der Waals surface area contributed by atoms with Crippen molar-refractivity contribution in [3.05, 3.63) is 32.4 Å². The zero-order chi connectivity index (χ0) is 12.4. The Kier molecular flexibility index (Phi) is 4.31. The minimum atomic E-state index is 0.0730. The van der Waals surface area contributed by atoms with Crippen molar-refractivity contribution in [1.82, 2.24) is 4.90 Å². The average molecular weight is 364 g/mol. The lowest BCUT2D eigenvalue weighted by atomic mass is 9.85. The predicted molar refractivity (Wildman–Crippen MR) is 78.5 cm³/mol. The Balaban J connectivity index is 2.09. The average Bonchev–Trinajstić information content (AvgIpc) is 2.25. The summed E-state index contributed by atoms with van der Waals surface area (Å²) in [6.45, 7) is 0.863. The number of hydrogen-bond donors (Lipinski definition) is 0. The first kappa shape index (κ1) is 13.1. The van der Waals surface area contributed by atoms with Gasteiger partial charge in [0.2, 0.25) is 0 Å². The molecule has 1 aromatic rings. The fourth-order valence-electron chi connectivity index (χ4n) is 2.01. The maximum Gasteiger partial charge on any atom is 0.254 e. The van der Waals surface area contributed by atoms with Crippen LogP contribution in [0, 0.1) is 9.49 Å². The quantitative estimate of drug-likeness (QED) is 0.748. The Morgan fingerprint density at radius 3 is 2.82 bits per heavy atom. The van der Waals surface area contributed by atoms with Crippen LogP contribution in [0.1, 0.15) is 29.6 Å². The molecule has 1 saturated carbocycles. The van der Waals surface area contributed by atoms with Crippen molar-refractivity contribution >= 4 is 40.1 Å². The van der Waals surface area contributed by atoms with Gasteiger partial charge in [-0.25, -0.2) is 0 Å². The molecule has 0 aromatic heterocycles. The largest absolute Gasteiger partial charge is 0.341 e. The van der Waals surface area contributed by atoms with Gasteiger partial charge >= 0.3 is 0 Å². The molecule has 1 aromatic carbocycles. The maximum atomic E-state index is 12.3. The molecule has 1 aliphatic rings.